The highest BCUT2D eigenvalue weighted by Crippen LogP contribution is 2.35. The fourth-order valence-electron chi connectivity index (χ4n) is 4.66. The van der Waals surface area contributed by atoms with E-state index in [9.17, 15) is 0 Å². The fraction of sp³-hybridized carbons (Fsp3) is 0.400. The van der Waals surface area contributed by atoms with Gasteiger partial charge < -0.3 is 9.57 Å². The monoisotopic (exact) mass is 481 g/mol. The maximum absolute atomic E-state index is 6.01. The summed E-state index contributed by atoms with van der Waals surface area (Å²) in [5, 5.41) is 4.45. The highest BCUT2D eigenvalue weighted by atomic mass is 79.9. The van der Waals surface area contributed by atoms with Gasteiger partial charge in [-0.3, -0.25) is 9.80 Å². The van der Waals surface area contributed by atoms with E-state index in [1.165, 1.54) is 11.1 Å². The summed E-state index contributed by atoms with van der Waals surface area (Å²) in [5.41, 5.74) is 4.77. The number of hydrogen-bond acceptors (Lipinski definition) is 5. The van der Waals surface area contributed by atoms with Crippen molar-refractivity contribution in [2.45, 2.75) is 13.0 Å². The fourth-order valence-corrected chi connectivity index (χ4v) is 5.02. The van der Waals surface area contributed by atoms with E-state index >= 15 is 0 Å². The Labute approximate surface area is 192 Å². The predicted octanol–water partition coefficient (Wildman–Crippen LogP) is 4.28. The van der Waals surface area contributed by atoms with Crippen molar-refractivity contribution >= 4 is 27.7 Å². The zero-order valence-electron chi connectivity index (χ0n) is 17.8. The number of benzene rings is 2. The summed E-state index contributed by atoms with van der Waals surface area (Å²) in [5.74, 6) is 1.10. The molecule has 2 aromatic carbocycles. The van der Waals surface area contributed by atoms with Gasteiger partial charge in [0.2, 0.25) is 0 Å². The van der Waals surface area contributed by atoms with Crippen molar-refractivity contribution in [3.63, 3.8) is 0 Å². The molecule has 5 nitrogen and oxygen atoms in total. The number of oxime groups is 1. The summed E-state index contributed by atoms with van der Waals surface area (Å²) in [6.45, 7) is 9.07. The lowest BCUT2D eigenvalue weighted by molar-refractivity contribution is 0.0101. The molecule has 31 heavy (non-hydrogen) atoms. The van der Waals surface area contributed by atoms with E-state index in [4.69, 9.17) is 9.57 Å². The first kappa shape index (κ1) is 20.7. The Bertz CT molecular complexity index is 984. The molecular formula is C25H28BrN3O2. The first-order valence-electron chi connectivity index (χ1n) is 11.0. The standard InChI is InChI=1S/C25H28BrN3O2/c1-18(13-19-5-3-2-4-6-19)15-28-9-11-29(12-10-28)16-24-22-17-30-23-8-7-20(26)14-21(23)25(22)27-31-24/h2-8,13-14,22,24H,9-12,15-17H2,1H3. The van der Waals surface area contributed by atoms with E-state index in [1.807, 2.05) is 12.1 Å². The molecule has 5 rings (SSSR count). The lowest BCUT2D eigenvalue weighted by atomic mass is 9.90. The number of piperazine rings is 1. The molecule has 1 fully saturated rings. The van der Waals surface area contributed by atoms with Gasteiger partial charge in [-0.05, 0) is 30.7 Å². The molecule has 0 saturated carbocycles. The van der Waals surface area contributed by atoms with Crippen LogP contribution in [0.3, 0.4) is 0 Å². The molecule has 0 N–H and O–H groups in total. The van der Waals surface area contributed by atoms with E-state index in [-0.39, 0.29) is 12.0 Å². The highest BCUT2D eigenvalue weighted by molar-refractivity contribution is 9.10. The third kappa shape index (κ3) is 4.71. The molecule has 0 aliphatic carbocycles. The van der Waals surface area contributed by atoms with Gasteiger partial charge in [0.05, 0.1) is 5.92 Å². The molecule has 1 saturated heterocycles. The molecule has 162 valence electrons. The van der Waals surface area contributed by atoms with E-state index in [0.29, 0.717) is 6.61 Å². The summed E-state index contributed by atoms with van der Waals surface area (Å²) in [4.78, 5) is 10.9. The smallest absolute Gasteiger partial charge is 0.151 e. The summed E-state index contributed by atoms with van der Waals surface area (Å²) >= 11 is 3.55. The quantitative estimate of drug-likeness (QED) is 0.638. The van der Waals surface area contributed by atoms with E-state index < -0.39 is 0 Å². The van der Waals surface area contributed by atoms with Crippen molar-refractivity contribution in [2.24, 2.45) is 11.1 Å². The van der Waals surface area contributed by atoms with Crippen LogP contribution in [0.15, 0.2) is 63.7 Å². The van der Waals surface area contributed by atoms with Gasteiger partial charge in [-0.1, -0.05) is 63.1 Å². The van der Waals surface area contributed by atoms with Gasteiger partial charge in [-0.15, -0.1) is 0 Å². The van der Waals surface area contributed by atoms with Crippen LogP contribution in [0.4, 0.5) is 0 Å². The summed E-state index contributed by atoms with van der Waals surface area (Å²) in [7, 11) is 0. The van der Waals surface area contributed by atoms with Crippen LogP contribution in [0.2, 0.25) is 0 Å². The molecule has 2 aromatic rings. The molecule has 2 atom stereocenters. The maximum Gasteiger partial charge on any atom is 0.151 e. The average Bonchev–Trinajstić information content (AvgIpc) is 3.19. The van der Waals surface area contributed by atoms with Gasteiger partial charge in [-0.2, -0.15) is 0 Å². The minimum absolute atomic E-state index is 0.0633. The molecule has 0 radical (unpaired) electrons. The van der Waals surface area contributed by atoms with Crippen LogP contribution in [-0.4, -0.2) is 67.5 Å². The van der Waals surface area contributed by atoms with Gasteiger partial charge in [-0.25, -0.2) is 0 Å². The van der Waals surface area contributed by atoms with Crippen molar-refractivity contribution in [1.29, 1.82) is 0 Å². The number of hydrogen-bond donors (Lipinski definition) is 0. The van der Waals surface area contributed by atoms with Crippen molar-refractivity contribution in [3.8, 4) is 5.75 Å². The number of nitrogens with zero attached hydrogens (tertiary/aromatic N) is 3. The number of rotatable bonds is 5. The van der Waals surface area contributed by atoms with Crippen LogP contribution in [0.25, 0.3) is 6.08 Å². The molecule has 3 heterocycles. The van der Waals surface area contributed by atoms with Crippen molar-refractivity contribution in [3.05, 3.63) is 69.7 Å². The lowest BCUT2D eigenvalue weighted by Crippen LogP contribution is -2.50. The molecular weight excluding hydrogens is 454 g/mol. The zero-order chi connectivity index (χ0) is 21.2. The summed E-state index contributed by atoms with van der Waals surface area (Å²) < 4.78 is 7.04. The lowest BCUT2D eigenvalue weighted by Gasteiger charge is -2.36. The highest BCUT2D eigenvalue weighted by Gasteiger charge is 2.40. The van der Waals surface area contributed by atoms with Gasteiger partial charge in [0.1, 0.15) is 18.1 Å². The van der Waals surface area contributed by atoms with Gasteiger partial charge in [0.15, 0.2) is 6.10 Å². The Morgan fingerprint density at radius 1 is 1.10 bits per heavy atom. The van der Waals surface area contributed by atoms with E-state index in [2.05, 4.69) is 80.3 Å². The molecule has 6 heteroatoms. The Hall–Kier alpha value is -2.15. The average molecular weight is 482 g/mol. The molecule has 3 aliphatic rings. The molecule has 0 aromatic heterocycles. The first-order valence-corrected chi connectivity index (χ1v) is 11.8. The zero-order valence-corrected chi connectivity index (χ0v) is 19.4. The topological polar surface area (TPSA) is 37.3 Å². The Kier molecular flexibility index (Phi) is 6.12. The Morgan fingerprint density at radius 3 is 2.68 bits per heavy atom. The summed E-state index contributed by atoms with van der Waals surface area (Å²) in [6.07, 6.45) is 2.35. The van der Waals surface area contributed by atoms with E-state index in [1.54, 1.807) is 0 Å². The minimum Gasteiger partial charge on any atom is -0.492 e. The van der Waals surface area contributed by atoms with Crippen molar-refractivity contribution < 1.29 is 9.57 Å². The Morgan fingerprint density at radius 2 is 1.87 bits per heavy atom. The van der Waals surface area contributed by atoms with Crippen molar-refractivity contribution in [2.75, 3.05) is 45.9 Å². The Balaban J connectivity index is 1.13. The van der Waals surface area contributed by atoms with Gasteiger partial charge in [0.25, 0.3) is 0 Å². The van der Waals surface area contributed by atoms with Crippen LogP contribution in [0, 0.1) is 5.92 Å². The van der Waals surface area contributed by atoms with Crippen LogP contribution >= 0.6 is 15.9 Å². The number of ether oxygens (including phenoxy) is 1. The van der Waals surface area contributed by atoms with Crippen LogP contribution in [0.5, 0.6) is 5.75 Å². The second kappa shape index (κ2) is 9.15. The second-order valence-corrected chi connectivity index (χ2v) is 9.57. The van der Waals surface area contributed by atoms with Crippen LogP contribution in [-0.2, 0) is 4.84 Å². The molecule has 3 aliphatic heterocycles. The molecule has 0 bridgehead atoms. The third-order valence-corrected chi connectivity index (χ3v) is 6.80. The first-order chi connectivity index (χ1) is 15.2. The third-order valence-electron chi connectivity index (χ3n) is 6.31. The van der Waals surface area contributed by atoms with Gasteiger partial charge in [0, 0.05) is 49.3 Å². The summed E-state index contributed by atoms with van der Waals surface area (Å²) in [6, 6.07) is 16.6. The van der Waals surface area contributed by atoms with Crippen molar-refractivity contribution in [1.82, 2.24) is 9.80 Å². The van der Waals surface area contributed by atoms with Crippen LogP contribution in [0.1, 0.15) is 18.1 Å². The largest absolute Gasteiger partial charge is 0.492 e. The molecule has 0 amide bonds. The molecule has 0 spiro atoms. The second-order valence-electron chi connectivity index (χ2n) is 8.66. The normalized spacial score (nSPS) is 24.1. The maximum atomic E-state index is 6.01. The molecule has 2 unspecified atom stereocenters. The van der Waals surface area contributed by atoms with Crippen LogP contribution < -0.4 is 4.74 Å². The van der Waals surface area contributed by atoms with E-state index in [0.717, 1.165) is 60.8 Å². The SMILES string of the molecule is CC(=Cc1ccccc1)CN1CCN(CC2ON=C3c4cc(Br)ccc4OCC32)CC1. The number of halogens is 1. The minimum atomic E-state index is 0.0633. The predicted molar refractivity (Wildman–Crippen MR) is 128 cm³/mol. The van der Waals surface area contributed by atoms with Gasteiger partial charge >= 0.3 is 0 Å². The number of fused-ring (bicyclic) bond motifs is 3.